The second-order valence-electron chi connectivity index (χ2n) is 13.9. The SMILES string of the molecule is O=C(CCN1CCN(S(=O)(=O)c2ccc(Cl)c(COC3(c4cnccc4-c4ccccc4OC4CC4)CC3)c2)CC1)NC[C@H](O)[C@@H](O)[C@H](O)[C@H](O)CO. The lowest BCUT2D eigenvalue weighted by atomic mass is 9.96. The summed E-state index contributed by atoms with van der Waals surface area (Å²) in [6, 6.07) is 14.6. The first-order chi connectivity index (χ1) is 25.4. The van der Waals surface area contributed by atoms with Crippen molar-refractivity contribution in [3.8, 4) is 16.9 Å². The summed E-state index contributed by atoms with van der Waals surface area (Å²) in [4.78, 5) is 18.8. The third-order valence-electron chi connectivity index (χ3n) is 9.99. The number of ether oxygens (including phenoxy) is 2. The van der Waals surface area contributed by atoms with Crippen molar-refractivity contribution in [2.45, 2.75) is 79.7 Å². The molecule has 3 fully saturated rings. The molecule has 2 saturated carbocycles. The number of hydrogen-bond acceptors (Lipinski definition) is 12. The number of piperazine rings is 1. The molecule has 1 aromatic heterocycles. The van der Waals surface area contributed by atoms with Gasteiger partial charge in [-0.25, -0.2) is 8.42 Å². The molecule has 4 atom stereocenters. The van der Waals surface area contributed by atoms with Crippen molar-refractivity contribution in [1.29, 1.82) is 0 Å². The fourth-order valence-corrected chi connectivity index (χ4v) is 8.03. The molecule has 53 heavy (non-hydrogen) atoms. The van der Waals surface area contributed by atoms with Crippen molar-refractivity contribution in [1.82, 2.24) is 19.5 Å². The molecule has 0 bridgehead atoms. The van der Waals surface area contributed by atoms with Gasteiger partial charge in [0.2, 0.25) is 15.9 Å². The lowest BCUT2D eigenvalue weighted by Crippen LogP contribution is -2.50. The van der Waals surface area contributed by atoms with Gasteiger partial charge in [-0.1, -0.05) is 29.8 Å². The number of sulfonamides is 1. The van der Waals surface area contributed by atoms with Crippen LogP contribution in [-0.2, 0) is 31.8 Å². The molecule has 288 valence electrons. The third-order valence-corrected chi connectivity index (χ3v) is 12.3. The molecular formula is C37H47ClN4O10S. The number of aromatic nitrogens is 1. The van der Waals surface area contributed by atoms with Crippen LogP contribution in [0.5, 0.6) is 5.75 Å². The Balaban J connectivity index is 1.02. The topological polar surface area (TPSA) is 202 Å². The van der Waals surface area contributed by atoms with Crippen molar-refractivity contribution in [3.05, 3.63) is 77.1 Å². The average molecular weight is 775 g/mol. The Morgan fingerprint density at radius 2 is 1.70 bits per heavy atom. The Morgan fingerprint density at radius 3 is 2.40 bits per heavy atom. The highest BCUT2D eigenvalue weighted by atomic mass is 35.5. The standard InChI is InChI=1S/C37H47ClN4O10S/c38-30-8-7-26(53(49,50)42-17-15-41(16-18-42)14-10-34(46)40-21-31(44)35(47)36(48)32(45)22-43)19-24(30)23-51-37(11-12-37)29-20-39-13-9-27(29)28-3-1-2-4-33(28)52-25-5-6-25/h1-4,7-9,13,19-20,25,31-32,35-36,43-45,47-48H,5-6,10-12,14-18,21-23H2,(H,40,46)/t31-,32+,35+,36+/m0/s1. The van der Waals surface area contributed by atoms with Crippen LogP contribution < -0.4 is 10.1 Å². The molecule has 0 spiro atoms. The van der Waals surface area contributed by atoms with E-state index in [2.05, 4.69) is 10.3 Å². The minimum absolute atomic E-state index is 0.0563. The molecular weight excluding hydrogens is 728 g/mol. The Morgan fingerprint density at radius 1 is 0.981 bits per heavy atom. The summed E-state index contributed by atoms with van der Waals surface area (Å²) in [6.45, 7) is 0.496. The number of aliphatic hydroxyl groups is 5. The number of aliphatic hydroxyl groups excluding tert-OH is 5. The van der Waals surface area contributed by atoms with Gasteiger partial charge in [-0.2, -0.15) is 4.31 Å². The minimum Gasteiger partial charge on any atom is -0.490 e. The van der Waals surface area contributed by atoms with Crippen molar-refractivity contribution in [2.24, 2.45) is 0 Å². The number of hydrogen-bond donors (Lipinski definition) is 6. The lowest BCUT2D eigenvalue weighted by Gasteiger charge is -2.34. The molecule has 2 aliphatic carbocycles. The first-order valence-electron chi connectivity index (χ1n) is 17.9. The maximum atomic E-state index is 13.7. The highest BCUT2D eigenvalue weighted by Gasteiger charge is 2.48. The van der Waals surface area contributed by atoms with Gasteiger partial charge in [0.1, 0.15) is 24.1 Å². The smallest absolute Gasteiger partial charge is 0.243 e. The Kier molecular flexibility index (Phi) is 12.7. The summed E-state index contributed by atoms with van der Waals surface area (Å²) in [5.41, 5.74) is 2.89. The predicted octanol–water partition coefficient (Wildman–Crippen LogP) is 1.40. The van der Waals surface area contributed by atoms with Gasteiger partial charge in [-0.3, -0.25) is 9.78 Å². The van der Waals surface area contributed by atoms with Crippen molar-refractivity contribution < 1.29 is 48.2 Å². The van der Waals surface area contributed by atoms with Gasteiger partial charge in [-0.05, 0) is 67.1 Å². The second kappa shape index (κ2) is 17.1. The summed E-state index contributed by atoms with van der Waals surface area (Å²) >= 11 is 6.58. The number of rotatable bonds is 18. The van der Waals surface area contributed by atoms with E-state index >= 15 is 0 Å². The molecule has 14 nitrogen and oxygen atoms in total. The number of benzene rings is 2. The highest BCUT2D eigenvalue weighted by molar-refractivity contribution is 7.89. The zero-order valence-electron chi connectivity index (χ0n) is 29.3. The molecule has 1 saturated heterocycles. The zero-order chi connectivity index (χ0) is 37.8. The third kappa shape index (κ3) is 9.54. The highest BCUT2D eigenvalue weighted by Crippen LogP contribution is 2.53. The van der Waals surface area contributed by atoms with Crippen LogP contribution in [0.3, 0.4) is 0 Å². The van der Waals surface area contributed by atoms with E-state index in [4.69, 9.17) is 26.2 Å². The molecule has 2 aromatic carbocycles. The number of carbonyl (C=O) groups is 1. The lowest BCUT2D eigenvalue weighted by molar-refractivity contribution is -0.126. The van der Waals surface area contributed by atoms with Crippen molar-refractivity contribution >= 4 is 27.5 Å². The number of carbonyl (C=O) groups excluding carboxylic acids is 1. The molecule has 16 heteroatoms. The van der Waals surface area contributed by atoms with E-state index in [9.17, 15) is 33.6 Å². The molecule has 2 heterocycles. The first-order valence-corrected chi connectivity index (χ1v) is 19.7. The van der Waals surface area contributed by atoms with Crippen LogP contribution in [0.1, 0.15) is 43.2 Å². The number of para-hydroxylation sites is 1. The maximum absolute atomic E-state index is 13.7. The summed E-state index contributed by atoms with van der Waals surface area (Å²) in [5, 5.41) is 50.9. The van der Waals surface area contributed by atoms with Gasteiger partial charge < -0.3 is 45.2 Å². The summed E-state index contributed by atoms with van der Waals surface area (Å²) in [6.07, 6.45) is 0.806. The van der Waals surface area contributed by atoms with Crippen LogP contribution in [-0.4, -0.2) is 130 Å². The van der Waals surface area contributed by atoms with E-state index < -0.39 is 52.6 Å². The van der Waals surface area contributed by atoms with Gasteiger partial charge in [0.05, 0.1) is 35.9 Å². The number of nitrogens with one attached hydrogen (secondary N) is 1. The van der Waals surface area contributed by atoms with Gasteiger partial charge in [0.15, 0.2) is 0 Å². The molecule has 0 unspecified atom stereocenters. The van der Waals surface area contributed by atoms with Gasteiger partial charge in [0, 0.05) is 74.2 Å². The van der Waals surface area contributed by atoms with Gasteiger partial charge in [-0.15, -0.1) is 0 Å². The number of nitrogens with zero attached hydrogens (tertiary/aromatic N) is 3. The van der Waals surface area contributed by atoms with E-state index in [1.807, 2.05) is 41.4 Å². The quantitative estimate of drug-likeness (QED) is 0.109. The Hall–Kier alpha value is -3.22. The minimum atomic E-state index is -3.86. The van der Waals surface area contributed by atoms with E-state index in [-0.39, 0.29) is 43.7 Å². The fraction of sp³-hybridized carbons (Fsp3) is 0.514. The largest absolute Gasteiger partial charge is 0.490 e. The number of pyridine rings is 1. The predicted molar refractivity (Wildman–Crippen MR) is 194 cm³/mol. The molecule has 0 radical (unpaired) electrons. The van der Waals surface area contributed by atoms with E-state index in [1.165, 1.54) is 10.4 Å². The maximum Gasteiger partial charge on any atom is 0.243 e. The van der Waals surface area contributed by atoms with E-state index in [1.54, 1.807) is 18.3 Å². The average Bonchev–Trinajstić information content (AvgIpc) is 4.13. The zero-order valence-corrected chi connectivity index (χ0v) is 30.8. The van der Waals surface area contributed by atoms with Crippen molar-refractivity contribution in [3.63, 3.8) is 0 Å². The fourth-order valence-electron chi connectivity index (χ4n) is 6.39. The first kappa shape index (κ1) is 39.5. The molecule has 3 aliphatic rings. The van der Waals surface area contributed by atoms with E-state index in [0.29, 0.717) is 30.2 Å². The number of halogens is 1. The van der Waals surface area contributed by atoms with Crippen LogP contribution in [0.4, 0.5) is 0 Å². The summed E-state index contributed by atoms with van der Waals surface area (Å²) in [5.74, 6) is 0.412. The molecule has 1 amide bonds. The Bertz CT molecular complexity index is 1840. The van der Waals surface area contributed by atoms with Crippen LogP contribution in [0.2, 0.25) is 5.02 Å². The van der Waals surface area contributed by atoms with Crippen LogP contribution in [0.25, 0.3) is 11.1 Å². The number of amides is 1. The van der Waals surface area contributed by atoms with Gasteiger partial charge >= 0.3 is 0 Å². The summed E-state index contributed by atoms with van der Waals surface area (Å²) < 4.78 is 41.6. The molecule has 3 aromatic rings. The normalized spacial score (nSPS) is 20.0. The molecule has 1 aliphatic heterocycles. The van der Waals surface area contributed by atoms with Crippen molar-refractivity contribution in [2.75, 3.05) is 45.9 Å². The second-order valence-corrected chi connectivity index (χ2v) is 16.2. The Labute approximate surface area is 314 Å². The molecule has 6 rings (SSSR count). The van der Waals surface area contributed by atoms with E-state index in [0.717, 1.165) is 48.1 Å². The molecule has 6 N–H and O–H groups in total. The monoisotopic (exact) mass is 774 g/mol. The summed E-state index contributed by atoms with van der Waals surface area (Å²) in [7, 11) is -3.86. The van der Waals surface area contributed by atoms with Gasteiger partial charge in [0.25, 0.3) is 0 Å². The van der Waals surface area contributed by atoms with Crippen LogP contribution in [0, 0.1) is 0 Å². The van der Waals surface area contributed by atoms with Crippen LogP contribution in [0.15, 0.2) is 65.8 Å². The van der Waals surface area contributed by atoms with Crippen LogP contribution >= 0.6 is 11.6 Å².